The molecule has 0 atom stereocenters. The molecule has 0 amide bonds. The van der Waals surface area contributed by atoms with Crippen LogP contribution >= 0.6 is 54.5 Å². The van der Waals surface area contributed by atoms with Crippen LogP contribution in [0.3, 0.4) is 0 Å². The molecule has 5 heteroatoms. The normalized spacial score (nSPS) is 10.5. The Morgan fingerprint density at radius 1 is 1.19 bits per heavy atom. The number of ether oxygens (including phenoxy) is 1. The molecule has 2 rings (SSSR count). The highest BCUT2D eigenvalue weighted by Crippen LogP contribution is 2.33. The topological polar surface area (TPSA) is 21.3 Å². The second-order valence-corrected chi connectivity index (χ2v) is 7.64. The average molecular weight is 525 g/mol. The Morgan fingerprint density at radius 2 is 1.95 bits per heavy atom. The largest absolute Gasteiger partial charge is 0.492 e. The van der Waals surface area contributed by atoms with Crippen molar-refractivity contribution in [2.24, 2.45) is 0 Å². The molecular weight excluding hydrogens is 509 g/mol. The predicted octanol–water partition coefficient (Wildman–Crippen LogP) is 6.14. The van der Waals surface area contributed by atoms with Crippen LogP contribution in [0.25, 0.3) is 0 Å². The molecule has 0 aliphatic heterocycles. The monoisotopic (exact) mass is 523 g/mol. The van der Waals surface area contributed by atoms with Gasteiger partial charge in [0.05, 0.1) is 11.1 Å². The average Bonchev–Trinajstić information content (AvgIpc) is 2.41. The molecule has 0 unspecified atom stereocenters. The van der Waals surface area contributed by atoms with Gasteiger partial charge in [-0.2, -0.15) is 0 Å². The van der Waals surface area contributed by atoms with Gasteiger partial charge in [-0.15, -0.1) is 0 Å². The summed E-state index contributed by atoms with van der Waals surface area (Å²) in [6, 6.07) is 10.5. The first-order chi connectivity index (χ1) is 10.0. The minimum Gasteiger partial charge on any atom is -0.492 e. The molecule has 2 nitrogen and oxygen atoms in total. The quantitative estimate of drug-likeness (QED) is 0.475. The van der Waals surface area contributed by atoms with Gasteiger partial charge in [-0.05, 0) is 88.3 Å². The van der Waals surface area contributed by atoms with Crippen LogP contribution in [0.2, 0.25) is 0 Å². The zero-order chi connectivity index (χ0) is 15.4. The minimum absolute atomic E-state index is 0.649. The molecule has 2 aromatic rings. The van der Waals surface area contributed by atoms with Gasteiger partial charge in [0.15, 0.2) is 0 Å². The highest BCUT2D eigenvalue weighted by molar-refractivity contribution is 14.1. The molecule has 0 aliphatic rings. The van der Waals surface area contributed by atoms with Crippen molar-refractivity contribution in [2.75, 3.05) is 11.9 Å². The van der Waals surface area contributed by atoms with Crippen molar-refractivity contribution in [1.82, 2.24) is 0 Å². The smallest absolute Gasteiger partial charge is 0.138 e. The van der Waals surface area contributed by atoms with E-state index in [1.54, 1.807) is 0 Å². The standard InChI is InChI=1S/C16H16Br2INO/c1-3-21-16-11(7-12(17)8-14(16)18)9-20-15-5-4-13(19)6-10(15)2/h4-8,20H,3,9H2,1-2H3. The maximum absolute atomic E-state index is 5.75. The molecule has 0 saturated heterocycles. The molecule has 112 valence electrons. The first-order valence-corrected chi connectivity index (χ1v) is 9.28. The summed E-state index contributed by atoms with van der Waals surface area (Å²) in [5.74, 6) is 0.899. The lowest BCUT2D eigenvalue weighted by atomic mass is 10.1. The van der Waals surface area contributed by atoms with Crippen LogP contribution in [-0.2, 0) is 6.54 Å². The zero-order valence-electron chi connectivity index (χ0n) is 11.8. The summed E-state index contributed by atoms with van der Waals surface area (Å²) in [4.78, 5) is 0. The summed E-state index contributed by atoms with van der Waals surface area (Å²) in [6.07, 6.45) is 0. The molecule has 0 aliphatic carbocycles. The number of rotatable bonds is 5. The molecule has 21 heavy (non-hydrogen) atoms. The van der Waals surface area contributed by atoms with Gasteiger partial charge in [-0.3, -0.25) is 0 Å². The van der Waals surface area contributed by atoms with Crippen LogP contribution in [-0.4, -0.2) is 6.61 Å². The maximum Gasteiger partial charge on any atom is 0.138 e. The van der Waals surface area contributed by atoms with Gasteiger partial charge >= 0.3 is 0 Å². The van der Waals surface area contributed by atoms with Crippen molar-refractivity contribution in [1.29, 1.82) is 0 Å². The second-order valence-electron chi connectivity index (χ2n) is 4.62. The van der Waals surface area contributed by atoms with Gasteiger partial charge in [-0.1, -0.05) is 15.9 Å². The van der Waals surface area contributed by atoms with E-state index < -0.39 is 0 Å². The predicted molar refractivity (Wildman–Crippen MR) is 104 cm³/mol. The van der Waals surface area contributed by atoms with E-state index in [1.165, 1.54) is 9.13 Å². The van der Waals surface area contributed by atoms with Crippen molar-refractivity contribution < 1.29 is 4.74 Å². The van der Waals surface area contributed by atoms with Crippen LogP contribution in [0.4, 0.5) is 5.69 Å². The van der Waals surface area contributed by atoms with Gasteiger partial charge in [0.25, 0.3) is 0 Å². The first-order valence-electron chi connectivity index (χ1n) is 6.62. The number of halogens is 3. The van der Waals surface area contributed by atoms with Gasteiger partial charge in [0.2, 0.25) is 0 Å². The van der Waals surface area contributed by atoms with Crippen molar-refractivity contribution >= 4 is 60.1 Å². The highest BCUT2D eigenvalue weighted by Gasteiger charge is 2.10. The van der Waals surface area contributed by atoms with Crippen molar-refractivity contribution in [3.05, 3.63) is 54.0 Å². The number of anilines is 1. The van der Waals surface area contributed by atoms with Crippen molar-refractivity contribution in [3.8, 4) is 5.75 Å². The molecule has 1 N–H and O–H groups in total. The second kappa shape index (κ2) is 7.83. The Labute approximate surface area is 156 Å². The van der Waals surface area contributed by atoms with Crippen LogP contribution in [0.1, 0.15) is 18.1 Å². The fourth-order valence-electron chi connectivity index (χ4n) is 2.07. The highest BCUT2D eigenvalue weighted by atomic mass is 127. The molecule has 0 radical (unpaired) electrons. The van der Waals surface area contributed by atoms with E-state index in [2.05, 4.69) is 91.0 Å². The van der Waals surface area contributed by atoms with Crippen LogP contribution < -0.4 is 10.1 Å². The Hall–Kier alpha value is -0.270. The van der Waals surface area contributed by atoms with E-state index in [0.29, 0.717) is 6.61 Å². The van der Waals surface area contributed by atoms with E-state index in [0.717, 1.165) is 32.5 Å². The SMILES string of the molecule is CCOc1c(Br)cc(Br)cc1CNc1ccc(I)cc1C. The Kier molecular flexibility index (Phi) is 6.37. The summed E-state index contributed by atoms with van der Waals surface area (Å²) in [6.45, 7) is 5.48. The Bertz CT molecular complexity index is 646. The number of hydrogen-bond acceptors (Lipinski definition) is 2. The first kappa shape index (κ1) is 17.1. The van der Waals surface area contributed by atoms with Crippen LogP contribution in [0.15, 0.2) is 39.3 Å². The number of aryl methyl sites for hydroxylation is 1. The molecular formula is C16H16Br2INO. The van der Waals surface area contributed by atoms with E-state index in [4.69, 9.17) is 4.74 Å². The van der Waals surface area contributed by atoms with E-state index >= 15 is 0 Å². The summed E-state index contributed by atoms with van der Waals surface area (Å²) >= 11 is 9.43. The molecule has 0 aromatic heterocycles. The van der Waals surface area contributed by atoms with Crippen LogP contribution in [0.5, 0.6) is 5.75 Å². The zero-order valence-corrected chi connectivity index (χ0v) is 17.2. The number of hydrogen-bond donors (Lipinski definition) is 1. The molecule has 2 aromatic carbocycles. The Balaban J connectivity index is 2.22. The molecule has 0 bridgehead atoms. The van der Waals surface area contributed by atoms with Gasteiger partial charge in [-0.25, -0.2) is 0 Å². The molecule has 0 heterocycles. The van der Waals surface area contributed by atoms with Gasteiger partial charge in [0, 0.05) is 25.8 Å². The van der Waals surface area contributed by atoms with Gasteiger partial charge < -0.3 is 10.1 Å². The third-order valence-corrected chi connectivity index (χ3v) is 4.75. The van der Waals surface area contributed by atoms with E-state index in [9.17, 15) is 0 Å². The van der Waals surface area contributed by atoms with E-state index in [-0.39, 0.29) is 0 Å². The third-order valence-electron chi connectivity index (χ3n) is 3.03. The third kappa shape index (κ3) is 4.60. The lowest BCUT2D eigenvalue weighted by Crippen LogP contribution is -2.05. The molecule has 0 fully saturated rings. The number of benzene rings is 2. The minimum atomic E-state index is 0.649. The van der Waals surface area contributed by atoms with Crippen molar-refractivity contribution in [3.63, 3.8) is 0 Å². The van der Waals surface area contributed by atoms with Crippen molar-refractivity contribution in [2.45, 2.75) is 20.4 Å². The lowest BCUT2D eigenvalue weighted by molar-refractivity contribution is 0.334. The molecule has 0 saturated carbocycles. The van der Waals surface area contributed by atoms with Crippen LogP contribution in [0, 0.1) is 10.5 Å². The number of nitrogens with one attached hydrogen (secondary N) is 1. The molecule has 0 spiro atoms. The summed E-state index contributed by atoms with van der Waals surface area (Å²) in [7, 11) is 0. The summed E-state index contributed by atoms with van der Waals surface area (Å²) in [5, 5.41) is 3.48. The fraction of sp³-hybridized carbons (Fsp3) is 0.250. The summed E-state index contributed by atoms with van der Waals surface area (Å²) in [5.41, 5.74) is 3.51. The summed E-state index contributed by atoms with van der Waals surface area (Å²) < 4.78 is 9.00. The van der Waals surface area contributed by atoms with Gasteiger partial charge in [0.1, 0.15) is 5.75 Å². The maximum atomic E-state index is 5.75. The lowest BCUT2D eigenvalue weighted by Gasteiger charge is -2.15. The fourth-order valence-corrected chi connectivity index (χ4v) is 4.14. The Morgan fingerprint density at radius 3 is 2.62 bits per heavy atom. The van der Waals surface area contributed by atoms with E-state index in [1.807, 2.05) is 13.0 Å².